The van der Waals surface area contributed by atoms with E-state index in [0.717, 1.165) is 22.7 Å². The second-order valence-electron chi connectivity index (χ2n) is 5.04. The molecule has 0 heterocycles. The lowest BCUT2D eigenvalue weighted by molar-refractivity contribution is 0.415. The van der Waals surface area contributed by atoms with Crippen molar-refractivity contribution in [3.63, 3.8) is 0 Å². The Balaban J connectivity index is 1.88. The third-order valence-electron chi connectivity index (χ3n) is 3.12. The molecule has 0 amide bonds. The van der Waals surface area contributed by atoms with Gasteiger partial charge in [0, 0.05) is 31.5 Å². The van der Waals surface area contributed by atoms with E-state index < -0.39 is 0 Å². The van der Waals surface area contributed by atoms with Crippen LogP contribution in [0.1, 0.15) is 5.56 Å². The molecule has 0 unspecified atom stereocenters. The fraction of sp³-hybridized carbons (Fsp3) is 0.176. The number of hydrazone groups is 1. The Kier molecular flexibility index (Phi) is 5.94. The molecule has 0 aliphatic carbocycles. The van der Waals surface area contributed by atoms with Crippen LogP contribution in [-0.4, -0.2) is 32.5 Å². The third-order valence-corrected chi connectivity index (χ3v) is 3.31. The highest BCUT2D eigenvalue weighted by atomic mass is 32.1. The lowest BCUT2D eigenvalue weighted by atomic mass is 10.2. The smallest absolute Gasteiger partial charge is 0.191 e. The van der Waals surface area contributed by atoms with E-state index >= 15 is 0 Å². The van der Waals surface area contributed by atoms with Crippen molar-refractivity contribution >= 4 is 34.9 Å². The number of anilines is 2. The summed E-state index contributed by atoms with van der Waals surface area (Å²) in [5, 5.41) is 7.59. The zero-order valence-corrected chi connectivity index (χ0v) is 14.2. The van der Waals surface area contributed by atoms with Gasteiger partial charge in [-0.1, -0.05) is 18.2 Å². The van der Waals surface area contributed by atoms with E-state index in [1.807, 2.05) is 67.5 Å². The molecule has 0 aromatic heterocycles. The van der Waals surface area contributed by atoms with E-state index in [2.05, 4.69) is 15.8 Å². The van der Waals surface area contributed by atoms with Gasteiger partial charge in [0.2, 0.25) is 0 Å². The van der Waals surface area contributed by atoms with Crippen molar-refractivity contribution < 1.29 is 4.74 Å². The van der Waals surface area contributed by atoms with Crippen LogP contribution in [-0.2, 0) is 0 Å². The normalized spacial score (nSPS) is 10.4. The number of nitrogens with one attached hydrogen (secondary N) is 2. The molecule has 0 radical (unpaired) electrons. The topological polar surface area (TPSA) is 48.9 Å². The van der Waals surface area contributed by atoms with E-state index in [-0.39, 0.29) is 0 Å². The Morgan fingerprint density at radius 1 is 1.17 bits per heavy atom. The Morgan fingerprint density at radius 3 is 2.57 bits per heavy atom. The van der Waals surface area contributed by atoms with Gasteiger partial charge < -0.3 is 15.0 Å². The molecule has 2 aromatic carbocycles. The summed E-state index contributed by atoms with van der Waals surface area (Å²) in [4.78, 5) is 2.05. The van der Waals surface area contributed by atoms with Gasteiger partial charge in [0.1, 0.15) is 5.75 Å². The molecule has 0 saturated heterocycles. The van der Waals surface area contributed by atoms with Crippen LogP contribution in [0.15, 0.2) is 53.6 Å². The van der Waals surface area contributed by atoms with Crippen molar-refractivity contribution in [3.05, 3.63) is 54.1 Å². The number of ether oxygens (including phenoxy) is 1. The number of methoxy groups -OCH3 is 1. The fourth-order valence-corrected chi connectivity index (χ4v) is 2.05. The summed E-state index contributed by atoms with van der Waals surface area (Å²) in [5.74, 6) is 0.766. The van der Waals surface area contributed by atoms with Gasteiger partial charge in [0.05, 0.1) is 13.3 Å². The van der Waals surface area contributed by atoms with Crippen molar-refractivity contribution in [1.29, 1.82) is 0 Å². The largest absolute Gasteiger partial charge is 0.497 e. The van der Waals surface area contributed by atoms with Crippen LogP contribution in [0.25, 0.3) is 0 Å². The number of benzene rings is 2. The molecule has 0 fully saturated rings. The second-order valence-corrected chi connectivity index (χ2v) is 5.45. The predicted octanol–water partition coefficient (Wildman–Crippen LogP) is 3.08. The minimum Gasteiger partial charge on any atom is -0.497 e. The van der Waals surface area contributed by atoms with Crippen molar-refractivity contribution in [1.82, 2.24) is 5.43 Å². The Bertz CT molecular complexity index is 683. The zero-order valence-electron chi connectivity index (χ0n) is 13.4. The molecule has 0 atom stereocenters. The van der Waals surface area contributed by atoms with Gasteiger partial charge in [-0.2, -0.15) is 5.10 Å². The number of hydrogen-bond donors (Lipinski definition) is 2. The molecule has 0 spiro atoms. The average Bonchev–Trinajstić information content (AvgIpc) is 2.55. The monoisotopic (exact) mass is 328 g/mol. The van der Waals surface area contributed by atoms with Gasteiger partial charge in [0.25, 0.3) is 0 Å². The third kappa shape index (κ3) is 5.27. The minimum absolute atomic E-state index is 0.416. The van der Waals surface area contributed by atoms with Gasteiger partial charge in [-0.05, 0) is 42.0 Å². The second kappa shape index (κ2) is 8.14. The Labute approximate surface area is 142 Å². The maximum atomic E-state index is 5.20. The van der Waals surface area contributed by atoms with Crippen LogP contribution in [0.2, 0.25) is 0 Å². The molecule has 2 N–H and O–H groups in total. The highest BCUT2D eigenvalue weighted by molar-refractivity contribution is 7.80. The lowest BCUT2D eigenvalue weighted by Crippen LogP contribution is -2.23. The molecule has 0 aliphatic heterocycles. The van der Waals surface area contributed by atoms with Gasteiger partial charge in [-0.25, -0.2) is 0 Å². The van der Waals surface area contributed by atoms with Crippen LogP contribution >= 0.6 is 12.2 Å². The quantitative estimate of drug-likeness (QED) is 0.502. The standard InChI is InChI=1S/C17H20N4OS/c1-21(2)15-9-7-13(8-10-15)12-18-20-17(23)19-14-5-4-6-16(11-14)22-3/h4-12H,1-3H3,(H2,19,20,23)/b18-12-. The van der Waals surface area contributed by atoms with E-state index in [0.29, 0.717) is 5.11 Å². The number of hydrogen-bond acceptors (Lipinski definition) is 4. The van der Waals surface area contributed by atoms with Gasteiger partial charge in [-0.3, -0.25) is 5.43 Å². The Morgan fingerprint density at radius 2 is 1.91 bits per heavy atom. The molecule has 0 bridgehead atoms. The summed E-state index contributed by atoms with van der Waals surface area (Å²) in [7, 11) is 5.64. The summed E-state index contributed by atoms with van der Waals surface area (Å²) < 4.78 is 5.17. The van der Waals surface area contributed by atoms with Crippen molar-refractivity contribution in [2.75, 3.05) is 31.4 Å². The first-order chi connectivity index (χ1) is 11.1. The maximum absolute atomic E-state index is 5.20. The van der Waals surface area contributed by atoms with E-state index in [9.17, 15) is 0 Å². The molecular weight excluding hydrogens is 308 g/mol. The average molecular weight is 328 g/mol. The summed E-state index contributed by atoms with van der Waals surface area (Å²) >= 11 is 5.20. The van der Waals surface area contributed by atoms with Crippen LogP contribution in [0.5, 0.6) is 5.75 Å². The van der Waals surface area contributed by atoms with E-state index in [4.69, 9.17) is 17.0 Å². The number of rotatable bonds is 5. The minimum atomic E-state index is 0.416. The molecular formula is C17H20N4OS. The van der Waals surface area contributed by atoms with Crippen LogP contribution < -0.4 is 20.4 Å². The first-order valence-corrected chi connectivity index (χ1v) is 7.51. The first kappa shape index (κ1) is 16.8. The van der Waals surface area contributed by atoms with E-state index in [1.165, 1.54) is 0 Å². The highest BCUT2D eigenvalue weighted by Crippen LogP contribution is 2.16. The first-order valence-electron chi connectivity index (χ1n) is 7.10. The molecule has 6 heteroatoms. The van der Waals surface area contributed by atoms with Crippen molar-refractivity contribution in [3.8, 4) is 5.75 Å². The predicted molar refractivity (Wildman–Crippen MR) is 101 cm³/mol. The number of nitrogens with zero attached hydrogens (tertiary/aromatic N) is 2. The lowest BCUT2D eigenvalue weighted by Gasteiger charge is -2.11. The van der Waals surface area contributed by atoms with Crippen LogP contribution in [0, 0.1) is 0 Å². The molecule has 23 heavy (non-hydrogen) atoms. The molecule has 0 aliphatic rings. The number of thiocarbonyl (C=S) groups is 1. The summed E-state index contributed by atoms with van der Waals surface area (Å²) in [6.07, 6.45) is 1.72. The molecule has 0 saturated carbocycles. The summed E-state index contributed by atoms with van der Waals surface area (Å²) in [6.45, 7) is 0. The summed E-state index contributed by atoms with van der Waals surface area (Å²) in [5.41, 5.74) is 5.77. The van der Waals surface area contributed by atoms with E-state index in [1.54, 1.807) is 13.3 Å². The zero-order chi connectivity index (χ0) is 16.7. The van der Waals surface area contributed by atoms with Crippen LogP contribution in [0.3, 0.4) is 0 Å². The molecule has 120 valence electrons. The Hall–Kier alpha value is -2.60. The highest BCUT2D eigenvalue weighted by Gasteiger charge is 1.98. The van der Waals surface area contributed by atoms with Gasteiger partial charge >= 0.3 is 0 Å². The van der Waals surface area contributed by atoms with Crippen molar-refractivity contribution in [2.24, 2.45) is 5.10 Å². The molecule has 5 nitrogen and oxygen atoms in total. The molecule has 2 rings (SSSR count). The van der Waals surface area contributed by atoms with Gasteiger partial charge in [0.15, 0.2) is 5.11 Å². The molecule has 2 aromatic rings. The summed E-state index contributed by atoms with van der Waals surface area (Å²) in [6, 6.07) is 15.6. The van der Waals surface area contributed by atoms with Gasteiger partial charge in [-0.15, -0.1) is 0 Å². The SMILES string of the molecule is COc1cccc(NC(=S)N/N=C\c2ccc(N(C)C)cc2)c1. The van der Waals surface area contributed by atoms with Crippen LogP contribution in [0.4, 0.5) is 11.4 Å². The maximum Gasteiger partial charge on any atom is 0.191 e. The fourth-order valence-electron chi connectivity index (χ4n) is 1.88. The van der Waals surface area contributed by atoms with Crippen molar-refractivity contribution in [2.45, 2.75) is 0 Å².